The van der Waals surface area contributed by atoms with Crippen LogP contribution in [0.25, 0.3) is 0 Å². The van der Waals surface area contributed by atoms with Crippen LogP contribution in [0.1, 0.15) is 32.1 Å². The Balaban J connectivity index is 1.72. The number of hydrogen-bond donors (Lipinski definition) is 1. The summed E-state index contributed by atoms with van der Waals surface area (Å²) in [5.41, 5.74) is 0. The molecule has 0 aliphatic carbocycles. The number of ether oxygens (including phenoxy) is 1. The number of nitrogens with one attached hydrogen (secondary N) is 1. The molecular formula is C12H24N2O. The van der Waals surface area contributed by atoms with Gasteiger partial charge in [-0.1, -0.05) is 0 Å². The molecule has 0 spiro atoms. The molecule has 2 aliphatic rings. The standard InChI is InChI=1S/C12H24N2O/c1-14(11-5-4-7-13-9-11)10-12-6-2-3-8-15-12/h11-13H,2-10H2,1H3. The first-order valence-electron chi connectivity index (χ1n) is 6.39. The molecule has 0 aromatic rings. The van der Waals surface area contributed by atoms with Gasteiger partial charge in [0, 0.05) is 25.7 Å². The van der Waals surface area contributed by atoms with E-state index in [-0.39, 0.29) is 0 Å². The molecule has 2 heterocycles. The van der Waals surface area contributed by atoms with Crippen molar-refractivity contribution in [2.45, 2.75) is 44.2 Å². The molecule has 0 radical (unpaired) electrons. The third kappa shape index (κ3) is 3.44. The molecule has 0 bridgehead atoms. The van der Waals surface area contributed by atoms with Crippen LogP contribution in [0, 0.1) is 0 Å². The van der Waals surface area contributed by atoms with Crippen LogP contribution in [0.5, 0.6) is 0 Å². The van der Waals surface area contributed by atoms with Crippen LogP contribution in [0.3, 0.4) is 0 Å². The molecule has 0 amide bonds. The zero-order chi connectivity index (χ0) is 10.5. The summed E-state index contributed by atoms with van der Waals surface area (Å²) < 4.78 is 5.78. The molecule has 15 heavy (non-hydrogen) atoms. The van der Waals surface area contributed by atoms with Crippen molar-refractivity contribution in [1.82, 2.24) is 10.2 Å². The Morgan fingerprint density at radius 3 is 2.87 bits per heavy atom. The van der Waals surface area contributed by atoms with E-state index in [1.165, 1.54) is 38.6 Å². The van der Waals surface area contributed by atoms with Crippen molar-refractivity contribution in [2.75, 3.05) is 33.3 Å². The van der Waals surface area contributed by atoms with Crippen LogP contribution in [0.4, 0.5) is 0 Å². The maximum atomic E-state index is 5.78. The van der Waals surface area contributed by atoms with Crippen LogP contribution in [0.15, 0.2) is 0 Å². The van der Waals surface area contributed by atoms with Crippen molar-refractivity contribution < 1.29 is 4.74 Å². The molecule has 1 N–H and O–H groups in total. The summed E-state index contributed by atoms with van der Waals surface area (Å²) in [6.07, 6.45) is 7.01. The summed E-state index contributed by atoms with van der Waals surface area (Å²) in [7, 11) is 2.25. The van der Waals surface area contributed by atoms with Crippen molar-refractivity contribution in [3.63, 3.8) is 0 Å². The van der Waals surface area contributed by atoms with E-state index in [9.17, 15) is 0 Å². The third-order valence-corrected chi connectivity index (χ3v) is 3.66. The van der Waals surface area contributed by atoms with Crippen molar-refractivity contribution in [3.8, 4) is 0 Å². The average molecular weight is 212 g/mol. The molecule has 2 fully saturated rings. The third-order valence-electron chi connectivity index (χ3n) is 3.66. The molecule has 2 aliphatic heterocycles. The van der Waals surface area contributed by atoms with Gasteiger partial charge in [-0.2, -0.15) is 0 Å². The Morgan fingerprint density at radius 1 is 1.27 bits per heavy atom. The molecule has 3 heteroatoms. The van der Waals surface area contributed by atoms with Crippen LogP contribution in [0.2, 0.25) is 0 Å². The molecule has 2 atom stereocenters. The lowest BCUT2D eigenvalue weighted by Crippen LogP contribution is -2.47. The van der Waals surface area contributed by atoms with E-state index < -0.39 is 0 Å². The first-order valence-corrected chi connectivity index (χ1v) is 6.39. The average Bonchev–Trinajstić information content (AvgIpc) is 2.31. The van der Waals surface area contributed by atoms with Crippen LogP contribution < -0.4 is 5.32 Å². The molecular weight excluding hydrogens is 188 g/mol. The predicted octanol–water partition coefficient (Wildman–Crippen LogP) is 1.24. The number of piperidine rings is 1. The van der Waals surface area contributed by atoms with Gasteiger partial charge in [0.2, 0.25) is 0 Å². The normalized spacial score (nSPS) is 33.2. The summed E-state index contributed by atoms with van der Waals surface area (Å²) in [6, 6.07) is 0.726. The van der Waals surface area contributed by atoms with Crippen LogP contribution >= 0.6 is 0 Å². The first-order chi connectivity index (χ1) is 7.36. The summed E-state index contributed by atoms with van der Waals surface area (Å²) in [6.45, 7) is 4.45. The molecule has 88 valence electrons. The van der Waals surface area contributed by atoms with Gasteiger partial charge in [0.05, 0.1) is 6.10 Å². The maximum Gasteiger partial charge on any atom is 0.0702 e. The molecule has 0 aromatic carbocycles. The Kier molecular flexibility index (Phi) is 4.42. The van der Waals surface area contributed by atoms with Gasteiger partial charge in [0.25, 0.3) is 0 Å². The van der Waals surface area contributed by atoms with Gasteiger partial charge < -0.3 is 10.1 Å². The van der Waals surface area contributed by atoms with Crippen molar-refractivity contribution >= 4 is 0 Å². The van der Waals surface area contributed by atoms with Gasteiger partial charge in [0.15, 0.2) is 0 Å². The second kappa shape index (κ2) is 5.83. The summed E-state index contributed by atoms with van der Waals surface area (Å²) in [4.78, 5) is 2.49. The fraction of sp³-hybridized carbons (Fsp3) is 1.00. The fourth-order valence-corrected chi connectivity index (χ4v) is 2.63. The van der Waals surface area contributed by atoms with Crippen molar-refractivity contribution in [3.05, 3.63) is 0 Å². The van der Waals surface area contributed by atoms with Gasteiger partial charge in [-0.3, -0.25) is 4.90 Å². The lowest BCUT2D eigenvalue weighted by Gasteiger charge is -2.35. The largest absolute Gasteiger partial charge is 0.377 e. The predicted molar refractivity (Wildman–Crippen MR) is 62.1 cm³/mol. The number of likely N-dealkylation sites (N-methyl/N-ethyl adjacent to an activating group) is 1. The van der Waals surface area contributed by atoms with E-state index in [1.807, 2.05) is 0 Å². The molecule has 3 nitrogen and oxygen atoms in total. The van der Waals surface area contributed by atoms with Gasteiger partial charge in [-0.05, 0) is 45.7 Å². The van der Waals surface area contributed by atoms with Gasteiger partial charge >= 0.3 is 0 Å². The molecule has 0 aromatic heterocycles. The minimum Gasteiger partial charge on any atom is -0.377 e. The van der Waals surface area contributed by atoms with Crippen LogP contribution in [-0.2, 0) is 4.74 Å². The van der Waals surface area contributed by atoms with Crippen molar-refractivity contribution in [1.29, 1.82) is 0 Å². The second-order valence-corrected chi connectivity index (χ2v) is 4.93. The van der Waals surface area contributed by atoms with Crippen molar-refractivity contribution in [2.24, 2.45) is 0 Å². The zero-order valence-corrected chi connectivity index (χ0v) is 9.87. The minimum absolute atomic E-state index is 0.491. The number of hydrogen-bond acceptors (Lipinski definition) is 3. The van der Waals surface area contributed by atoms with E-state index in [4.69, 9.17) is 4.74 Å². The Hall–Kier alpha value is -0.120. The fourth-order valence-electron chi connectivity index (χ4n) is 2.63. The molecule has 2 saturated heterocycles. The summed E-state index contributed by atoms with van der Waals surface area (Å²) >= 11 is 0. The van der Waals surface area contributed by atoms with Gasteiger partial charge in [-0.15, -0.1) is 0 Å². The van der Waals surface area contributed by atoms with Gasteiger partial charge in [-0.25, -0.2) is 0 Å². The van der Waals surface area contributed by atoms with E-state index in [0.29, 0.717) is 6.10 Å². The lowest BCUT2D eigenvalue weighted by atomic mass is 10.0. The second-order valence-electron chi connectivity index (χ2n) is 4.93. The summed E-state index contributed by atoms with van der Waals surface area (Å²) in [5.74, 6) is 0. The molecule has 2 rings (SSSR count). The highest BCUT2D eigenvalue weighted by Gasteiger charge is 2.22. The Labute approximate surface area is 93.2 Å². The van der Waals surface area contributed by atoms with Gasteiger partial charge in [0.1, 0.15) is 0 Å². The van der Waals surface area contributed by atoms with E-state index >= 15 is 0 Å². The number of nitrogens with zero attached hydrogens (tertiary/aromatic N) is 1. The first kappa shape index (κ1) is 11.4. The van der Waals surface area contributed by atoms with Crippen LogP contribution in [-0.4, -0.2) is 50.3 Å². The zero-order valence-electron chi connectivity index (χ0n) is 9.87. The summed E-state index contributed by atoms with van der Waals surface area (Å²) in [5, 5.41) is 3.47. The highest BCUT2D eigenvalue weighted by atomic mass is 16.5. The highest BCUT2D eigenvalue weighted by Crippen LogP contribution is 2.16. The highest BCUT2D eigenvalue weighted by molar-refractivity contribution is 4.78. The number of rotatable bonds is 3. The minimum atomic E-state index is 0.491. The van der Waals surface area contributed by atoms with E-state index in [0.717, 1.165) is 25.7 Å². The molecule has 0 saturated carbocycles. The Morgan fingerprint density at radius 2 is 2.20 bits per heavy atom. The maximum absolute atomic E-state index is 5.78. The topological polar surface area (TPSA) is 24.5 Å². The monoisotopic (exact) mass is 212 g/mol. The smallest absolute Gasteiger partial charge is 0.0702 e. The Bertz CT molecular complexity index is 174. The van der Waals surface area contributed by atoms with E-state index in [2.05, 4.69) is 17.3 Å². The lowest BCUT2D eigenvalue weighted by molar-refractivity contribution is -0.00976. The van der Waals surface area contributed by atoms with E-state index in [1.54, 1.807) is 0 Å². The quantitative estimate of drug-likeness (QED) is 0.762. The SMILES string of the molecule is CN(CC1CCCCO1)C1CCCNC1. The molecule has 2 unspecified atom stereocenters.